The molecule has 2 aliphatic heterocycles. The van der Waals surface area contributed by atoms with Crippen LogP contribution in [0.4, 0.5) is 4.39 Å². The summed E-state index contributed by atoms with van der Waals surface area (Å²) in [5.74, 6) is -0.774. The molecular formula is C19H25FN2O4. The monoisotopic (exact) mass is 364 g/mol. The number of ether oxygens (including phenoxy) is 1. The summed E-state index contributed by atoms with van der Waals surface area (Å²) in [5.41, 5.74) is 0. The molecule has 2 bridgehead atoms. The van der Waals surface area contributed by atoms with E-state index in [0.717, 1.165) is 12.8 Å². The van der Waals surface area contributed by atoms with Gasteiger partial charge >= 0.3 is 5.97 Å². The zero-order chi connectivity index (χ0) is 18.7. The number of carboxylic acid groups (broad SMARTS) is 1. The lowest BCUT2D eigenvalue weighted by atomic mass is 9.89. The minimum atomic E-state index is -0.749. The van der Waals surface area contributed by atoms with E-state index in [9.17, 15) is 19.1 Å². The fraction of sp³-hybridized carbons (Fsp3) is 0.579. The number of likely N-dealkylation sites (N-methyl/N-ethyl adjacent to an activating group) is 1. The molecule has 1 amide bonds. The molecule has 0 radical (unpaired) electrons. The van der Waals surface area contributed by atoms with Crippen molar-refractivity contribution >= 4 is 11.9 Å². The predicted octanol–water partition coefficient (Wildman–Crippen LogP) is 1.99. The van der Waals surface area contributed by atoms with E-state index in [1.807, 2.05) is 0 Å². The number of halogens is 1. The molecule has 2 heterocycles. The summed E-state index contributed by atoms with van der Waals surface area (Å²) in [5, 5.41) is 9.29. The Morgan fingerprint density at radius 1 is 1.31 bits per heavy atom. The Morgan fingerprint density at radius 2 is 2.04 bits per heavy atom. The van der Waals surface area contributed by atoms with Gasteiger partial charge in [-0.3, -0.25) is 14.5 Å². The maximum absolute atomic E-state index is 12.8. The van der Waals surface area contributed by atoms with Crippen molar-refractivity contribution in [2.45, 2.75) is 37.8 Å². The molecule has 3 unspecified atom stereocenters. The van der Waals surface area contributed by atoms with Crippen LogP contribution in [0.3, 0.4) is 0 Å². The van der Waals surface area contributed by atoms with Gasteiger partial charge in [-0.1, -0.05) is 0 Å². The molecule has 0 aliphatic carbocycles. The van der Waals surface area contributed by atoms with Crippen LogP contribution in [0.15, 0.2) is 24.3 Å². The molecule has 7 heteroatoms. The van der Waals surface area contributed by atoms with Crippen LogP contribution in [-0.2, 0) is 9.59 Å². The van der Waals surface area contributed by atoms with Gasteiger partial charge in [0.2, 0.25) is 5.91 Å². The standard InChI is InChI=1S/C19H25FN2O4/c1-21(9-2-10-26-15-6-3-13(20)4-7-15)18(23)12-22-14-5-8-17(22)16(11-14)19(24)25/h3-4,6-7,14,16-17H,2,5,8-12H2,1H3,(H,24,25). The largest absolute Gasteiger partial charge is 0.494 e. The molecule has 142 valence electrons. The number of nitrogens with zero attached hydrogens (tertiary/aromatic N) is 2. The maximum Gasteiger partial charge on any atom is 0.308 e. The number of hydrogen-bond acceptors (Lipinski definition) is 4. The van der Waals surface area contributed by atoms with E-state index in [1.165, 1.54) is 12.1 Å². The topological polar surface area (TPSA) is 70.1 Å². The Labute approximate surface area is 152 Å². The number of fused-ring (bicyclic) bond motifs is 2. The van der Waals surface area contributed by atoms with Crippen molar-refractivity contribution in [3.63, 3.8) is 0 Å². The molecule has 0 saturated carbocycles. The van der Waals surface area contributed by atoms with Crippen LogP contribution in [0, 0.1) is 11.7 Å². The van der Waals surface area contributed by atoms with Crippen LogP contribution < -0.4 is 4.74 Å². The van der Waals surface area contributed by atoms with Crippen LogP contribution >= 0.6 is 0 Å². The zero-order valence-corrected chi connectivity index (χ0v) is 14.9. The van der Waals surface area contributed by atoms with Gasteiger partial charge < -0.3 is 14.7 Å². The molecule has 3 rings (SSSR count). The highest BCUT2D eigenvalue weighted by molar-refractivity contribution is 5.78. The van der Waals surface area contributed by atoms with Gasteiger partial charge in [-0.25, -0.2) is 4.39 Å². The third-order valence-corrected chi connectivity index (χ3v) is 5.46. The molecule has 2 aliphatic rings. The van der Waals surface area contributed by atoms with E-state index in [4.69, 9.17) is 4.74 Å². The van der Waals surface area contributed by atoms with E-state index in [1.54, 1.807) is 24.1 Å². The summed E-state index contributed by atoms with van der Waals surface area (Å²) in [6.07, 6.45) is 3.17. The fourth-order valence-electron chi connectivity index (χ4n) is 4.04. The Bertz CT molecular complexity index is 651. The van der Waals surface area contributed by atoms with Crippen molar-refractivity contribution in [1.29, 1.82) is 0 Å². The van der Waals surface area contributed by atoms with Gasteiger partial charge in [-0.15, -0.1) is 0 Å². The van der Waals surface area contributed by atoms with Gasteiger partial charge in [0.15, 0.2) is 0 Å². The second-order valence-corrected chi connectivity index (χ2v) is 7.12. The summed E-state index contributed by atoms with van der Waals surface area (Å²) in [7, 11) is 1.76. The molecule has 2 fully saturated rings. The first-order valence-corrected chi connectivity index (χ1v) is 9.06. The van der Waals surface area contributed by atoms with Crippen molar-refractivity contribution in [3.05, 3.63) is 30.1 Å². The number of hydrogen-bond donors (Lipinski definition) is 1. The number of carboxylic acids is 1. The summed E-state index contributed by atoms with van der Waals surface area (Å²) >= 11 is 0. The first-order chi connectivity index (χ1) is 12.5. The number of benzene rings is 1. The van der Waals surface area contributed by atoms with Crippen LogP contribution in [0.25, 0.3) is 0 Å². The van der Waals surface area contributed by atoms with E-state index in [0.29, 0.717) is 31.7 Å². The molecule has 0 aromatic heterocycles. The first kappa shape index (κ1) is 18.6. The maximum atomic E-state index is 12.8. The van der Waals surface area contributed by atoms with Gasteiger partial charge in [0.05, 0.1) is 19.1 Å². The SMILES string of the molecule is CN(CCCOc1ccc(F)cc1)C(=O)CN1C2CCC1C(C(=O)O)C2. The van der Waals surface area contributed by atoms with Crippen molar-refractivity contribution in [2.75, 3.05) is 26.7 Å². The lowest BCUT2D eigenvalue weighted by molar-refractivity contribution is -0.143. The second kappa shape index (κ2) is 8.03. The molecule has 1 aromatic carbocycles. The zero-order valence-electron chi connectivity index (χ0n) is 14.9. The lowest BCUT2D eigenvalue weighted by Gasteiger charge is -2.25. The van der Waals surface area contributed by atoms with Gasteiger partial charge in [-0.2, -0.15) is 0 Å². The highest BCUT2D eigenvalue weighted by Gasteiger charge is 2.49. The Kier molecular flexibility index (Phi) is 5.76. The molecule has 1 aromatic rings. The number of amides is 1. The summed E-state index contributed by atoms with van der Waals surface area (Å²) in [6, 6.07) is 6.06. The van der Waals surface area contributed by atoms with E-state index < -0.39 is 5.97 Å². The average Bonchev–Trinajstić information content (AvgIpc) is 3.17. The Balaban J connectivity index is 1.40. The van der Waals surface area contributed by atoms with Crippen LogP contribution in [0.1, 0.15) is 25.7 Å². The second-order valence-electron chi connectivity index (χ2n) is 7.12. The third kappa shape index (κ3) is 4.15. The van der Waals surface area contributed by atoms with Gasteiger partial charge in [0.1, 0.15) is 11.6 Å². The average molecular weight is 364 g/mol. The molecule has 1 N–H and O–H groups in total. The fourth-order valence-corrected chi connectivity index (χ4v) is 4.04. The molecule has 3 atom stereocenters. The number of carbonyl (C=O) groups is 2. The molecule has 6 nitrogen and oxygen atoms in total. The lowest BCUT2D eigenvalue weighted by Crippen LogP contribution is -2.42. The van der Waals surface area contributed by atoms with Gasteiger partial charge in [-0.05, 0) is 49.9 Å². The molecule has 0 spiro atoms. The number of rotatable bonds is 8. The minimum Gasteiger partial charge on any atom is -0.494 e. The van der Waals surface area contributed by atoms with Crippen molar-refractivity contribution in [2.24, 2.45) is 5.92 Å². The van der Waals surface area contributed by atoms with Crippen molar-refractivity contribution < 1.29 is 23.8 Å². The van der Waals surface area contributed by atoms with Crippen LogP contribution in [0.2, 0.25) is 0 Å². The quantitative estimate of drug-likeness (QED) is 0.715. The molecule has 26 heavy (non-hydrogen) atoms. The molecule has 2 saturated heterocycles. The predicted molar refractivity (Wildman–Crippen MR) is 93.4 cm³/mol. The third-order valence-electron chi connectivity index (χ3n) is 5.46. The first-order valence-electron chi connectivity index (χ1n) is 9.06. The van der Waals surface area contributed by atoms with Gasteiger partial charge in [0, 0.05) is 25.7 Å². The smallest absolute Gasteiger partial charge is 0.308 e. The minimum absolute atomic E-state index is 0.00309. The number of aliphatic carboxylic acids is 1. The van der Waals surface area contributed by atoms with E-state index in [2.05, 4.69) is 4.90 Å². The Morgan fingerprint density at radius 3 is 2.69 bits per heavy atom. The summed E-state index contributed by atoms with van der Waals surface area (Å²) in [6.45, 7) is 1.29. The normalized spacial score (nSPS) is 24.6. The van der Waals surface area contributed by atoms with Gasteiger partial charge in [0.25, 0.3) is 0 Å². The molecular weight excluding hydrogens is 339 g/mol. The highest BCUT2D eigenvalue weighted by Crippen LogP contribution is 2.41. The van der Waals surface area contributed by atoms with Crippen molar-refractivity contribution in [3.8, 4) is 5.75 Å². The van der Waals surface area contributed by atoms with E-state index in [-0.39, 0.29) is 36.3 Å². The van der Waals surface area contributed by atoms with Crippen LogP contribution in [0.5, 0.6) is 5.75 Å². The number of carbonyl (C=O) groups excluding carboxylic acids is 1. The van der Waals surface area contributed by atoms with Crippen LogP contribution in [-0.4, -0.2) is 65.6 Å². The highest BCUT2D eigenvalue weighted by atomic mass is 19.1. The summed E-state index contributed by atoms with van der Waals surface area (Å²) < 4.78 is 18.4. The van der Waals surface area contributed by atoms with E-state index >= 15 is 0 Å². The summed E-state index contributed by atoms with van der Waals surface area (Å²) in [4.78, 5) is 27.5. The Hall–Kier alpha value is -2.15. The van der Waals surface area contributed by atoms with Crippen molar-refractivity contribution in [1.82, 2.24) is 9.80 Å².